The van der Waals surface area contributed by atoms with E-state index in [-0.39, 0.29) is 5.75 Å². The van der Waals surface area contributed by atoms with Crippen molar-refractivity contribution >= 4 is 9.84 Å². The van der Waals surface area contributed by atoms with Crippen LogP contribution in [0.25, 0.3) is 0 Å². The van der Waals surface area contributed by atoms with E-state index < -0.39 is 20.9 Å². The fraction of sp³-hybridized carbons (Fsp3) is 0.400. The van der Waals surface area contributed by atoms with Crippen molar-refractivity contribution in [1.29, 1.82) is 0 Å². The Bertz CT molecular complexity index is 785. The second kappa shape index (κ2) is 5.81. The Morgan fingerprint density at radius 3 is 3.00 bits per heavy atom. The quantitative estimate of drug-likeness (QED) is 0.864. The van der Waals surface area contributed by atoms with Gasteiger partial charge >= 0.3 is 0 Å². The molecular weight excluding hydrogens is 309 g/mol. The molecule has 3 rings (SSSR count). The number of hydrogen-bond acceptors (Lipinski definition) is 5. The molecule has 1 aromatic carbocycles. The average Bonchev–Trinajstić information content (AvgIpc) is 2.89. The largest absolute Gasteiger partial charge is 0.376 e. The lowest BCUT2D eigenvalue weighted by molar-refractivity contribution is 0.102. The molecule has 0 bridgehead atoms. The summed E-state index contributed by atoms with van der Waals surface area (Å²) in [6.45, 7) is 2.42. The van der Waals surface area contributed by atoms with Gasteiger partial charge in [-0.1, -0.05) is 17.3 Å². The summed E-state index contributed by atoms with van der Waals surface area (Å²) in [5.41, 5.74) is 1.54. The van der Waals surface area contributed by atoms with E-state index in [2.05, 4.69) is 5.16 Å². The molecule has 1 aromatic heterocycles. The molecule has 0 N–H and O–H groups in total. The van der Waals surface area contributed by atoms with E-state index in [0.717, 1.165) is 5.56 Å². The third-order valence-electron chi connectivity index (χ3n) is 3.87. The van der Waals surface area contributed by atoms with Gasteiger partial charge in [0.1, 0.15) is 17.3 Å². The van der Waals surface area contributed by atoms with E-state index in [1.54, 1.807) is 13.0 Å². The normalized spacial score (nSPS) is 16.3. The molecule has 1 aliphatic rings. The van der Waals surface area contributed by atoms with Crippen molar-refractivity contribution in [3.63, 3.8) is 0 Å². The molecule has 5 nitrogen and oxygen atoms in total. The van der Waals surface area contributed by atoms with Crippen LogP contribution in [0, 0.1) is 5.82 Å². The van der Waals surface area contributed by atoms with Gasteiger partial charge in [0.15, 0.2) is 9.84 Å². The summed E-state index contributed by atoms with van der Waals surface area (Å²) < 4.78 is 48.9. The molecule has 2 aromatic rings. The maximum absolute atomic E-state index is 13.3. The summed E-state index contributed by atoms with van der Waals surface area (Å²) in [6, 6.07) is 5.63. The van der Waals surface area contributed by atoms with Gasteiger partial charge in [0.2, 0.25) is 0 Å². The predicted octanol–water partition coefficient (Wildman–Crippen LogP) is 2.56. The Morgan fingerprint density at radius 1 is 1.41 bits per heavy atom. The molecule has 7 heteroatoms. The summed E-state index contributed by atoms with van der Waals surface area (Å²) >= 11 is 0. The minimum Gasteiger partial charge on any atom is -0.376 e. The van der Waals surface area contributed by atoms with Gasteiger partial charge in [-0.15, -0.1) is 0 Å². The van der Waals surface area contributed by atoms with Crippen LogP contribution in [-0.2, 0) is 33.4 Å². The van der Waals surface area contributed by atoms with Crippen LogP contribution < -0.4 is 0 Å². The number of halogens is 1. The van der Waals surface area contributed by atoms with Crippen molar-refractivity contribution in [2.45, 2.75) is 31.0 Å². The van der Waals surface area contributed by atoms with Crippen molar-refractivity contribution in [2.75, 3.05) is 6.61 Å². The Balaban J connectivity index is 1.86. The van der Waals surface area contributed by atoms with Gasteiger partial charge in [-0.3, -0.25) is 0 Å². The lowest BCUT2D eigenvalue weighted by Crippen LogP contribution is -2.15. The van der Waals surface area contributed by atoms with Crippen LogP contribution in [-0.4, -0.2) is 20.2 Å². The highest BCUT2D eigenvalue weighted by molar-refractivity contribution is 7.90. The van der Waals surface area contributed by atoms with Crippen LogP contribution in [0.2, 0.25) is 0 Å². The number of rotatable bonds is 4. The monoisotopic (exact) mass is 325 g/mol. The molecule has 0 aliphatic carbocycles. The van der Waals surface area contributed by atoms with Gasteiger partial charge in [0.05, 0.1) is 24.2 Å². The van der Waals surface area contributed by atoms with Crippen molar-refractivity contribution < 1.29 is 22.1 Å². The Kier molecular flexibility index (Phi) is 4.01. The molecular formula is C15H16FNO4S. The van der Waals surface area contributed by atoms with Gasteiger partial charge < -0.3 is 9.26 Å². The molecule has 0 spiro atoms. The van der Waals surface area contributed by atoms with E-state index in [1.165, 1.54) is 18.2 Å². The molecule has 1 unspecified atom stereocenters. The SMILES string of the molecule is CC(c1cccc(F)c1)S(=O)(=O)Cc1noc2c1COCC2. The van der Waals surface area contributed by atoms with Crippen LogP contribution in [0.3, 0.4) is 0 Å². The zero-order valence-corrected chi connectivity index (χ0v) is 12.9. The summed E-state index contributed by atoms with van der Waals surface area (Å²) in [5, 5.41) is 3.05. The van der Waals surface area contributed by atoms with Crippen molar-refractivity contribution in [2.24, 2.45) is 0 Å². The highest BCUT2D eigenvalue weighted by Crippen LogP contribution is 2.28. The molecule has 0 saturated heterocycles. The maximum atomic E-state index is 13.3. The number of nitrogens with zero attached hydrogens (tertiary/aromatic N) is 1. The fourth-order valence-corrected chi connectivity index (χ4v) is 3.90. The summed E-state index contributed by atoms with van der Waals surface area (Å²) in [7, 11) is -3.53. The number of aromatic nitrogens is 1. The van der Waals surface area contributed by atoms with Gasteiger partial charge in [0.25, 0.3) is 0 Å². The van der Waals surface area contributed by atoms with E-state index in [1.807, 2.05) is 0 Å². The van der Waals surface area contributed by atoms with Crippen LogP contribution >= 0.6 is 0 Å². The number of fused-ring (bicyclic) bond motifs is 1. The van der Waals surface area contributed by atoms with Gasteiger partial charge in [0, 0.05) is 12.0 Å². The Hall–Kier alpha value is -1.73. The molecule has 0 amide bonds. The summed E-state index contributed by atoms with van der Waals surface area (Å²) in [5.74, 6) is -0.00557. The zero-order valence-electron chi connectivity index (χ0n) is 12.1. The number of benzene rings is 1. The van der Waals surface area contributed by atoms with Gasteiger partial charge in [-0.05, 0) is 24.6 Å². The van der Waals surface area contributed by atoms with Crippen molar-refractivity contribution in [3.8, 4) is 0 Å². The zero-order chi connectivity index (χ0) is 15.7. The lowest BCUT2D eigenvalue weighted by Gasteiger charge is -2.14. The average molecular weight is 325 g/mol. The summed E-state index contributed by atoms with van der Waals surface area (Å²) in [4.78, 5) is 0. The summed E-state index contributed by atoms with van der Waals surface area (Å²) in [6.07, 6.45) is 0.599. The van der Waals surface area contributed by atoms with Crippen LogP contribution in [0.4, 0.5) is 4.39 Å². The molecule has 0 saturated carbocycles. The van der Waals surface area contributed by atoms with Crippen LogP contribution in [0.15, 0.2) is 28.8 Å². The molecule has 0 radical (unpaired) electrons. The van der Waals surface area contributed by atoms with Gasteiger partial charge in [-0.2, -0.15) is 0 Å². The third-order valence-corrected chi connectivity index (χ3v) is 5.89. The van der Waals surface area contributed by atoms with Crippen LogP contribution in [0.5, 0.6) is 0 Å². The maximum Gasteiger partial charge on any atom is 0.162 e. The van der Waals surface area contributed by atoms with Crippen molar-refractivity contribution in [3.05, 3.63) is 52.7 Å². The second-order valence-electron chi connectivity index (χ2n) is 5.34. The smallest absolute Gasteiger partial charge is 0.162 e. The third kappa shape index (κ3) is 2.91. The van der Waals surface area contributed by atoms with E-state index in [9.17, 15) is 12.8 Å². The lowest BCUT2D eigenvalue weighted by atomic mass is 10.1. The standard InChI is InChI=1S/C15H16FNO4S/c1-10(11-3-2-4-12(16)7-11)22(18,19)9-14-13-8-20-6-5-15(13)21-17-14/h2-4,7,10H,5-6,8-9H2,1H3. The highest BCUT2D eigenvalue weighted by Gasteiger charge is 2.28. The molecule has 2 heterocycles. The minimum absolute atomic E-state index is 0.243. The predicted molar refractivity (Wildman–Crippen MR) is 77.3 cm³/mol. The Morgan fingerprint density at radius 2 is 2.23 bits per heavy atom. The van der Waals surface area contributed by atoms with E-state index in [4.69, 9.17) is 9.26 Å². The van der Waals surface area contributed by atoms with Crippen LogP contribution in [0.1, 0.15) is 34.8 Å². The second-order valence-corrected chi connectivity index (χ2v) is 7.66. The molecule has 0 fully saturated rings. The molecule has 1 aliphatic heterocycles. The fourth-order valence-electron chi connectivity index (χ4n) is 2.48. The first-order chi connectivity index (χ1) is 10.5. The molecule has 22 heavy (non-hydrogen) atoms. The molecule has 118 valence electrons. The van der Waals surface area contributed by atoms with E-state index in [0.29, 0.717) is 36.7 Å². The first-order valence-electron chi connectivity index (χ1n) is 6.98. The molecule has 1 atom stereocenters. The van der Waals surface area contributed by atoms with E-state index >= 15 is 0 Å². The van der Waals surface area contributed by atoms with Crippen molar-refractivity contribution in [1.82, 2.24) is 5.16 Å². The number of ether oxygens (including phenoxy) is 1. The number of hydrogen-bond donors (Lipinski definition) is 0. The Labute approximate surface area is 128 Å². The topological polar surface area (TPSA) is 69.4 Å². The number of sulfone groups is 1. The first-order valence-corrected chi connectivity index (χ1v) is 8.70. The van der Waals surface area contributed by atoms with Gasteiger partial charge in [-0.25, -0.2) is 12.8 Å². The minimum atomic E-state index is -3.53. The first kappa shape index (κ1) is 15.2. The highest BCUT2D eigenvalue weighted by atomic mass is 32.2.